The lowest BCUT2D eigenvalue weighted by atomic mass is 10.1. The number of ether oxygens (including phenoxy) is 4. The van der Waals surface area contributed by atoms with Gasteiger partial charge in [0.05, 0.1) is 31.7 Å². The van der Waals surface area contributed by atoms with E-state index in [1.54, 1.807) is 36.4 Å². The van der Waals surface area contributed by atoms with Crippen LogP contribution >= 0.6 is 26.0 Å². The summed E-state index contributed by atoms with van der Waals surface area (Å²) >= 11 is 0.582. The first-order chi connectivity index (χ1) is 32.2. The van der Waals surface area contributed by atoms with Crippen LogP contribution in [0.25, 0.3) is 11.2 Å². The number of hydrogen-bond donors (Lipinski definition) is 2. The average molecular weight is 993 g/mol. The average Bonchev–Trinajstić information content (AvgIpc) is 3.97. The highest BCUT2D eigenvalue weighted by atomic mass is 32.7. The SMILES string of the molecule is CCCCCCCCOc1ccc(C(=O)Oc2ccc(CSP3(=O)OC[C@H]4O[C@@H](n5cnc6c(N)ncnc65)[C@H](F)[C@@H]4OP(=O)([O-])OC[C@H]4O[C@@H](n5ccc(=O)[nH]c5=O)[C@H](F)[C@@H]4O3)cc2)cc1. The van der Waals surface area contributed by atoms with Crippen LogP contribution in [-0.4, -0.2) is 91.6 Å². The van der Waals surface area contributed by atoms with Gasteiger partial charge in [0, 0.05) is 18.0 Å². The normalized spacial score (nSPS) is 28.8. The zero-order valence-electron chi connectivity index (χ0n) is 35.7. The minimum absolute atomic E-state index is 0.0244. The number of fused-ring (bicyclic) bond motifs is 3. The van der Waals surface area contributed by atoms with Crippen LogP contribution in [0.5, 0.6) is 11.5 Å². The third-order valence-electron chi connectivity index (χ3n) is 11.0. The number of nitrogens with zero attached hydrogens (tertiary/aromatic N) is 5. The number of anilines is 1. The van der Waals surface area contributed by atoms with Crippen molar-refractivity contribution in [1.29, 1.82) is 0 Å². The number of hydrogen-bond acceptors (Lipinski definition) is 19. The maximum atomic E-state index is 16.5. The van der Waals surface area contributed by atoms with E-state index in [1.165, 1.54) is 37.8 Å². The quantitative estimate of drug-likeness (QED) is 0.0549. The molecule has 10 atom stereocenters. The molecule has 5 aromatic rings. The first-order valence-corrected chi connectivity index (χ1v) is 25.9. The van der Waals surface area contributed by atoms with Crippen molar-refractivity contribution in [2.24, 2.45) is 0 Å². The van der Waals surface area contributed by atoms with Gasteiger partial charge in [0.1, 0.15) is 47.8 Å². The Hall–Kier alpha value is -4.87. The smallest absolute Gasteiger partial charge is 0.389 e. The van der Waals surface area contributed by atoms with E-state index in [0.717, 1.165) is 42.3 Å². The van der Waals surface area contributed by atoms with Gasteiger partial charge >= 0.3 is 18.5 Å². The number of rotatable bonds is 15. The number of H-pyrrole nitrogens is 1. The number of aromatic amines is 1. The van der Waals surface area contributed by atoms with Crippen molar-refractivity contribution < 1.29 is 64.6 Å². The van der Waals surface area contributed by atoms with Gasteiger partial charge in [-0.05, 0) is 59.8 Å². The van der Waals surface area contributed by atoms with Crippen molar-refractivity contribution in [3.8, 4) is 11.5 Å². The Morgan fingerprint density at radius 3 is 2.24 bits per heavy atom. The van der Waals surface area contributed by atoms with Crippen molar-refractivity contribution in [3.63, 3.8) is 0 Å². The highest BCUT2D eigenvalue weighted by Gasteiger charge is 2.54. The molecule has 360 valence electrons. The predicted octanol–water partition coefficient (Wildman–Crippen LogP) is 5.72. The maximum Gasteiger partial charge on any atom is 0.389 e. The van der Waals surface area contributed by atoms with Crippen LogP contribution in [0.3, 0.4) is 0 Å². The van der Waals surface area contributed by atoms with Crippen LogP contribution < -0.4 is 31.3 Å². The number of alkyl halides is 2. The van der Waals surface area contributed by atoms with Gasteiger partial charge in [-0.25, -0.2) is 37.9 Å². The Kier molecular flexibility index (Phi) is 15.4. The summed E-state index contributed by atoms with van der Waals surface area (Å²) in [4.78, 5) is 64.7. The fourth-order valence-corrected chi connectivity index (χ4v) is 11.9. The number of nitrogens with two attached hydrogens (primary N) is 1. The Morgan fingerprint density at radius 1 is 0.866 bits per heavy atom. The Morgan fingerprint density at radius 2 is 1.52 bits per heavy atom. The number of imidazole rings is 1. The summed E-state index contributed by atoms with van der Waals surface area (Å²) in [7, 11) is -5.49. The fourth-order valence-electron chi connectivity index (χ4n) is 7.53. The standard InChI is InChI=1S/C41H47F2N7O14P2S/c1-2-3-4-5-6-7-18-57-26-14-10-25(11-15-26)40(52)60-27-12-8-24(9-13-27)21-67-66(56)59-20-29-34(31(42)39(62-29)50-23-47-33-36(44)45-22-46-37(33)50)63-65(54,55)58-19-28-35(64-66)32(43)38(61-28)49-17-16-30(51)48-41(49)53/h8-17,22-23,28-29,31-32,34-35,38-39H,2-7,18-21H2,1H3,(H,54,55)(H2,44,45,46)(H,48,51,53)/p-1/t28-,29-,31-,32-,34-,35-,38-,39-,66?/m1/s1. The van der Waals surface area contributed by atoms with Gasteiger partial charge in [-0.1, -0.05) is 51.2 Å². The molecule has 0 radical (unpaired) electrons. The zero-order chi connectivity index (χ0) is 47.3. The molecule has 3 aliphatic rings. The van der Waals surface area contributed by atoms with Crippen LogP contribution in [0.1, 0.15) is 73.8 Å². The fraction of sp³-hybridized carbons (Fsp3) is 0.463. The highest BCUT2D eigenvalue weighted by molar-refractivity contribution is 8.54. The number of carbonyl (C=O) groups excluding carboxylic acids is 1. The molecule has 67 heavy (non-hydrogen) atoms. The zero-order valence-corrected chi connectivity index (χ0v) is 38.3. The van der Waals surface area contributed by atoms with Crippen molar-refractivity contribution in [1.82, 2.24) is 29.1 Å². The van der Waals surface area contributed by atoms with Crippen LogP contribution in [0.4, 0.5) is 14.6 Å². The number of nitrogens with one attached hydrogen (secondary N) is 1. The van der Waals surface area contributed by atoms with E-state index < -0.39 is 94.3 Å². The molecular weight excluding hydrogens is 946 g/mol. The predicted molar refractivity (Wildman–Crippen MR) is 234 cm³/mol. The third kappa shape index (κ3) is 11.5. The van der Waals surface area contributed by atoms with E-state index in [-0.39, 0.29) is 28.5 Å². The number of nitrogen functional groups attached to an aromatic ring is 1. The van der Waals surface area contributed by atoms with Crippen LogP contribution in [-0.2, 0) is 42.5 Å². The molecule has 26 heteroatoms. The van der Waals surface area contributed by atoms with E-state index >= 15 is 8.78 Å². The van der Waals surface area contributed by atoms with Gasteiger partial charge in [-0.3, -0.25) is 32.5 Å². The summed E-state index contributed by atoms with van der Waals surface area (Å²) in [6, 6.07) is 13.7. The summed E-state index contributed by atoms with van der Waals surface area (Å²) < 4.78 is 108. The summed E-state index contributed by atoms with van der Waals surface area (Å²) in [5, 5.41) is 0. The second-order valence-electron chi connectivity index (χ2n) is 15.7. The van der Waals surface area contributed by atoms with E-state index in [0.29, 0.717) is 39.4 Å². The lowest BCUT2D eigenvalue weighted by molar-refractivity contribution is -0.235. The van der Waals surface area contributed by atoms with Gasteiger partial charge in [0.2, 0.25) is 0 Å². The number of benzene rings is 2. The van der Waals surface area contributed by atoms with Crippen LogP contribution in [0.2, 0.25) is 0 Å². The van der Waals surface area contributed by atoms with Crippen molar-refractivity contribution in [3.05, 3.63) is 105 Å². The van der Waals surface area contributed by atoms with Crippen LogP contribution in [0.15, 0.2) is 83.0 Å². The summed E-state index contributed by atoms with van der Waals surface area (Å²) in [6.07, 6.45) is -5.27. The molecule has 0 saturated carbocycles. The van der Waals surface area contributed by atoms with Gasteiger partial charge in [-0.15, -0.1) is 0 Å². The molecule has 3 aromatic heterocycles. The molecule has 2 unspecified atom stereocenters. The molecule has 0 spiro atoms. The monoisotopic (exact) mass is 992 g/mol. The second-order valence-corrected chi connectivity index (χ2v) is 21.1. The Balaban J connectivity index is 0.980. The number of halogens is 2. The minimum atomic E-state index is -5.49. The van der Waals surface area contributed by atoms with Crippen molar-refractivity contribution >= 4 is 49.0 Å². The molecule has 6 heterocycles. The first-order valence-electron chi connectivity index (χ1n) is 21.3. The first kappa shape index (κ1) is 48.6. The van der Waals surface area contributed by atoms with E-state index in [1.807, 2.05) is 4.98 Å². The Labute approximate surface area is 384 Å². The van der Waals surface area contributed by atoms with Gasteiger partial charge < -0.3 is 38.6 Å². The number of phosphoric acid groups is 1. The summed E-state index contributed by atoms with van der Waals surface area (Å²) in [5.74, 6) is 0.0537. The topological polar surface area (TPSA) is 273 Å². The second kappa shape index (κ2) is 21.2. The number of esters is 1. The molecule has 0 amide bonds. The van der Waals surface area contributed by atoms with E-state index in [2.05, 4.69) is 21.9 Å². The molecule has 8 rings (SSSR count). The lowest BCUT2D eigenvalue weighted by Crippen LogP contribution is -2.38. The maximum absolute atomic E-state index is 16.5. The van der Waals surface area contributed by atoms with E-state index in [9.17, 15) is 28.4 Å². The summed E-state index contributed by atoms with van der Waals surface area (Å²) in [6.45, 7) is -3.77. The molecule has 3 saturated heterocycles. The third-order valence-corrected chi connectivity index (χ3v) is 15.6. The van der Waals surface area contributed by atoms with Gasteiger partial charge in [0.15, 0.2) is 36.3 Å². The largest absolute Gasteiger partial charge is 0.756 e. The molecule has 21 nitrogen and oxygen atoms in total. The molecule has 3 aliphatic heterocycles. The van der Waals surface area contributed by atoms with Crippen molar-refractivity contribution in [2.45, 2.75) is 100 Å². The molecule has 2 aromatic carbocycles. The molecule has 0 bridgehead atoms. The molecule has 3 N–H and O–H groups in total. The number of aromatic nitrogens is 6. The molecule has 0 aliphatic carbocycles. The van der Waals surface area contributed by atoms with Gasteiger partial charge in [-0.2, -0.15) is 0 Å². The highest BCUT2D eigenvalue weighted by Crippen LogP contribution is 2.64. The van der Waals surface area contributed by atoms with Gasteiger partial charge in [0.25, 0.3) is 13.4 Å². The number of unbranched alkanes of at least 4 members (excludes halogenated alkanes) is 5. The Bertz CT molecular complexity index is 2730. The number of phosphoric ester groups is 1. The van der Waals surface area contributed by atoms with E-state index in [4.69, 9.17) is 42.8 Å². The number of carbonyl (C=O) groups is 1. The summed E-state index contributed by atoms with van der Waals surface area (Å²) in [5.41, 5.74) is 4.97. The molecular formula is C41H46F2N7O14P2S-. The van der Waals surface area contributed by atoms with Crippen molar-refractivity contribution in [2.75, 3.05) is 25.6 Å². The molecule has 3 fully saturated rings. The minimum Gasteiger partial charge on any atom is -0.756 e. The lowest BCUT2D eigenvalue weighted by Gasteiger charge is -2.32. The van der Waals surface area contributed by atoms with Crippen LogP contribution in [0, 0.1) is 0 Å².